The second kappa shape index (κ2) is 8.18. The highest BCUT2D eigenvalue weighted by Crippen LogP contribution is 2.50. The van der Waals surface area contributed by atoms with Gasteiger partial charge in [0.05, 0.1) is 20.3 Å². The molecular weight excluding hydrogens is 394 g/mol. The Hall–Kier alpha value is -2.73. The first kappa shape index (κ1) is 22.0. The van der Waals surface area contributed by atoms with E-state index >= 15 is 0 Å². The zero-order valence-corrected chi connectivity index (χ0v) is 19.8. The third-order valence-corrected chi connectivity index (χ3v) is 5.75. The Morgan fingerprint density at radius 2 is 1.77 bits per heavy atom. The van der Waals surface area contributed by atoms with Gasteiger partial charge in [0.25, 0.3) is 14.9 Å². The zero-order valence-electron chi connectivity index (χ0n) is 18.8. The first-order chi connectivity index (χ1) is 14.1. The molecule has 1 fully saturated rings. The van der Waals surface area contributed by atoms with Crippen molar-refractivity contribution < 1.29 is 18.7 Å². The highest BCUT2D eigenvalue weighted by atomic mass is 28.3. The molecule has 1 amide bonds. The fraction of sp³-hybridized carbons (Fsp3) is 0.375. The number of amides is 1. The maximum absolute atomic E-state index is 12.8. The van der Waals surface area contributed by atoms with E-state index in [0.29, 0.717) is 11.3 Å². The quantitative estimate of drug-likeness (QED) is 0.360. The van der Waals surface area contributed by atoms with Crippen molar-refractivity contribution >= 4 is 20.6 Å². The fourth-order valence-electron chi connectivity index (χ4n) is 3.82. The van der Waals surface area contributed by atoms with Gasteiger partial charge in [-0.1, -0.05) is 33.4 Å². The van der Waals surface area contributed by atoms with Gasteiger partial charge in [0.1, 0.15) is 17.2 Å². The molecule has 30 heavy (non-hydrogen) atoms. The zero-order chi connectivity index (χ0) is 22.2. The molecule has 0 N–H and O–H groups in total. The minimum atomic E-state index is -1.06. The van der Waals surface area contributed by atoms with Crippen molar-refractivity contribution in [1.29, 1.82) is 0 Å². The van der Waals surface area contributed by atoms with Crippen molar-refractivity contribution in [3.05, 3.63) is 59.7 Å². The summed E-state index contributed by atoms with van der Waals surface area (Å²) in [4.78, 5) is 14.6. The minimum Gasteiger partial charge on any atom is -0.542 e. The Morgan fingerprint density at radius 3 is 2.33 bits per heavy atom. The monoisotopic (exact) mass is 424 g/mol. The number of methoxy groups -OCH3 is 2. The second-order valence-electron chi connectivity index (χ2n) is 8.63. The largest absolute Gasteiger partial charge is 0.542 e. The molecule has 6 heteroatoms. The molecule has 1 heterocycles. The molecule has 3 rings (SSSR count). The summed E-state index contributed by atoms with van der Waals surface area (Å²) in [5.41, 5.74) is 3.05. The van der Waals surface area contributed by atoms with Crippen LogP contribution < -0.4 is 18.8 Å². The Balaban J connectivity index is 2.19. The number of β-lactam (4-membered cyclic amide) rings is 1. The molecule has 1 atom stereocenters. The number of anilines is 1. The number of nitrogens with zero attached hydrogens (tertiary/aromatic N) is 1. The standard InChI is InChI=1S/C24H30NO4Si/c1-15-21(25(23(15)26)16-10-9-11-17(14-16)27-5)18-12-13-19(28-6)20(24(2,3)4)22(18)29-30(7)8/h9-14,21H,1H2,2-8H3/t21-/m1/s1. The van der Waals surface area contributed by atoms with Gasteiger partial charge in [-0.2, -0.15) is 0 Å². The Bertz CT molecular complexity index is 978. The molecule has 5 nitrogen and oxygen atoms in total. The molecule has 159 valence electrons. The number of carbonyl (C=O) groups excluding carboxylic acids is 1. The lowest BCUT2D eigenvalue weighted by molar-refractivity contribution is -0.118. The molecule has 1 saturated heterocycles. The number of ether oxygens (including phenoxy) is 2. The number of carbonyl (C=O) groups is 1. The van der Waals surface area contributed by atoms with Gasteiger partial charge in [-0.05, 0) is 42.8 Å². The maximum atomic E-state index is 12.8. The van der Waals surface area contributed by atoms with Crippen LogP contribution in [0.2, 0.25) is 13.1 Å². The molecule has 2 aromatic carbocycles. The normalized spacial score (nSPS) is 16.5. The van der Waals surface area contributed by atoms with Crippen molar-refractivity contribution in [1.82, 2.24) is 0 Å². The van der Waals surface area contributed by atoms with Gasteiger partial charge in [-0.25, -0.2) is 0 Å². The number of hydrogen-bond donors (Lipinski definition) is 0. The van der Waals surface area contributed by atoms with E-state index in [0.717, 1.165) is 28.3 Å². The fourth-order valence-corrected chi connectivity index (χ4v) is 4.45. The highest BCUT2D eigenvalue weighted by Gasteiger charge is 2.45. The van der Waals surface area contributed by atoms with Crippen LogP contribution >= 0.6 is 0 Å². The second-order valence-corrected chi connectivity index (χ2v) is 10.6. The van der Waals surface area contributed by atoms with Gasteiger partial charge >= 0.3 is 0 Å². The van der Waals surface area contributed by atoms with E-state index < -0.39 is 9.04 Å². The van der Waals surface area contributed by atoms with Crippen LogP contribution in [0.5, 0.6) is 17.2 Å². The lowest BCUT2D eigenvalue weighted by Crippen LogP contribution is -2.49. The van der Waals surface area contributed by atoms with Crippen LogP contribution in [0.3, 0.4) is 0 Å². The van der Waals surface area contributed by atoms with E-state index in [9.17, 15) is 4.79 Å². The van der Waals surface area contributed by atoms with Crippen molar-refractivity contribution in [3.8, 4) is 17.2 Å². The molecule has 0 spiro atoms. The molecule has 1 aliphatic rings. The number of hydrogen-bond acceptors (Lipinski definition) is 4. The molecule has 0 aliphatic carbocycles. The summed E-state index contributed by atoms with van der Waals surface area (Å²) in [6.07, 6.45) is 0. The molecule has 0 saturated carbocycles. The predicted molar refractivity (Wildman–Crippen MR) is 122 cm³/mol. The van der Waals surface area contributed by atoms with Crippen LogP contribution in [0.15, 0.2) is 48.6 Å². The predicted octanol–water partition coefficient (Wildman–Crippen LogP) is 5.28. The van der Waals surface area contributed by atoms with E-state index in [1.165, 1.54) is 0 Å². The molecule has 1 radical (unpaired) electrons. The van der Waals surface area contributed by atoms with E-state index in [4.69, 9.17) is 13.9 Å². The van der Waals surface area contributed by atoms with Crippen LogP contribution in [0.4, 0.5) is 5.69 Å². The van der Waals surface area contributed by atoms with Crippen molar-refractivity contribution in [2.24, 2.45) is 0 Å². The smallest absolute Gasteiger partial charge is 0.274 e. The van der Waals surface area contributed by atoms with Gasteiger partial charge in [0, 0.05) is 28.5 Å². The number of rotatable bonds is 6. The summed E-state index contributed by atoms with van der Waals surface area (Å²) in [6.45, 7) is 14.7. The van der Waals surface area contributed by atoms with E-state index in [1.807, 2.05) is 36.4 Å². The Morgan fingerprint density at radius 1 is 1.07 bits per heavy atom. The van der Waals surface area contributed by atoms with Gasteiger partial charge in [0.15, 0.2) is 0 Å². The summed E-state index contributed by atoms with van der Waals surface area (Å²) in [6, 6.07) is 11.2. The molecule has 2 aromatic rings. The van der Waals surface area contributed by atoms with Crippen LogP contribution in [0, 0.1) is 0 Å². The minimum absolute atomic E-state index is 0.0918. The average molecular weight is 425 g/mol. The average Bonchev–Trinajstić information content (AvgIpc) is 2.70. The van der Waals surface area contributed by atoms with E-state index in [2.05, 4.69) is 40.4 Å². The third kappa shape index (κ3) is 3.84. The lowest BCUT2D eigenvalue weighted by atomic mass is 9.80. The van der Waals surface area contributed by atoms with Gasteiger partial charge in [0.2, 0.25) is 0 Å². The summed E-state index contributed by atoms with van der Waals surface area (Å²) < 4.78 is 17.5. The van der Waals surface area contributed by atoms with Crippen molar-refractivity contribution in [3.63, 3.8) is 0 Å². The van der Waals surface area contributed by atoms with Crippen molar-refractivity contribution in [2.45, 2.75) is 45.3 Å². The summed E-state index contributed by atoms with van der Waals surface area (Å²) in [5, 5.41) is 0. The van der Waals surface area contributed by atoms with Crippen LogP contribution in [0.25, 0.3) is 0 Å². The summed E-state index contributed by atoms with van der Waals surface area (Å²) in [7, 11) is 2.22. The van der Waals surface area contributed by atoms with Crippen LogP contribution in [-0.4, -0.2) is 29.2 Å². The maximum Gasteiger partial charge on any atom is 0.274 e. The summed E-state index contributed by atoms with van der Waals surface area (Å²) >= 11 is 0. The lowest BCUT2D eigenvalue weighted by Gasteiger charge is -2.44. The first-order valence-corrected chi connectivity index (χ1v) is 12.4. The number of benzene rings is 2. The molecule has 1 aliphatic heterocycles. The molecule has 0 bridgehead atoms. The van der Waals surface area contributed by atoms with E-state index in [1.54, 1.807) is 19.1 Å². The Labute approximate surface area is 181 Å². The first-order valence-electron chi connectivity index (χ1n) is 9.96. The molecule has 0 aromatic heterocycles. The van der Waals surface area contributed by atoms with Gasteiger partial charge in [-0.3, -0.25) is 9.69 Å². The Kier molecular flexibility index (Phi) is 5.99. The molecule has 0 unspecified atom stereocenters. The topological polar surface area (TPSA) is 48.0 Å². The summed E-state index contributed by atoms with van der Waals surface area (Å²) in [5.74, 6) is 2.19. The van der Waals surface area contributed by atoms with Gasteiger partial charge < -0.3 is 13.9 Å². The van der Waals surface area contributed by atoms with Crippen LogP contribution in [-0.2, 0) is 10.2 Å². The van der Waals surface area contributed by atoms with Gasteiger partial charge in [-0.15, -0.1) is 0 Å². The SMILES string of the molecule is C=C1C(=O)N(c2cccc(OC)c2)[C@H]1c1ccc(OC)c(C(C)(C)C)c1O[Si](C)C. The van der Waals surface area contributed by atoms with Crippen LogP contribution in [0.1, 0.15) is 37.9 Å². The molecular formula is C24H30NO4Si. The third-order valence-electron chi connectivity index (χ3n) is 5.13. The van der Waals surface area contributed by atoms with E-state index in [-0.39, 0.29) is 17.4 Å². The van der Waals surface area contributed by atoms with Crippen molar-refractivity contribution in [2.75, 3.05) is 19.1 Å². The highest BCUT2D eigenvalue weighted by molar-refractivity contribution is 6.49.